The minimum absolute atomic E-state index is 0.366. The second-order valence-electron chi connectivity index (χ2n) is 3.60. The summed E-state index contributed by atoms with van der Waals surface area (Å²) in [4.78, 5) is 15.5. The molecular weight excluding hydrogens is 176 g/mol. The van der Waals surface area contributed by atoms with E-state index in [0.717, 1.165) is 22.4 Å². The van der Waals surface area contributed by atoms with Crippen LogP contribution in [0.4, 0.5) is 0 Å². The predicted molar refractivity (Wildman–Crippen MR) is 55.6 cm³/mol. The molecule has 72 valence electrons. The molecule has 2 rings (SSSR count). The Kier molecular flexibility index (Phi) is 1.88. The lowest BCUT2D eigenvalue weighted by molar-refractivity contribution is 0.0999. The number of nitrogens with two attached hydrogens (primary N) is 1. The molecule has 1 aliphatic heterocycles. The lowest BCUT2D eigenvalue weighted by Gasteiger charge is -2.06. The van der Waals surface area contributed by atoms with Crippen molar-refractivity contribution in [2.45, 2.75) is 20.4 Å². The van der Waals surface area contributed by atoms with Crippen molar-refractivity contribution in [1.82, 2.24) is 0 Å². The average molecular weight is 188 g/mol. The Hall–Kier alpha value is -1.64. The third-order valence-electron chi connectivity index (χ3n) is 2.52. The second kappa shape index (κ2) is 2.94. The summed E-state index contributed by atoms with van der Waals surface area (Å²) in [5.41, 5.74) is 10.0. The average Bonchev–Trinajstić information content (AvgIpc) is 2.47. The van der Waals surface area contributed by atoms with Crippen LogP contribution in [0.3, 0.4) is 0 Å². The third kappa shape index (κ3) is 1.21. The Morgan fingerprint density at radius 1 is 1.43 bits per heavy atom. The minimum Gasteiger partial charge on any atom is -0.366 e. The minimum atomic E-state index is -0.366. The van der Waals surface area contributed by atoms with Crippen molar-refractivity contribution in [3.63, 3.8) is 0 Å². The van der Waals surface area contributed by atoms with Gasteiger partial charge in [0.25, 0.3) is 0 Å². The molecular formula is C11H12N2O. The Labute approximate surface area is 82.6 Å². The fourth-order valence-electron chi connectivity index (χ4n) is 1.81. The summed E-state index contributed by atoms with van der Waals surface area (Å²) < 4.78 is 0. The number of aryl methyl sites for hydroxylation is 1. The fourth-order valence-corrected chi connectivity index (χ4v) is 1.81. The zero-order chi connectivity index (χ0) is 10.3. The fraction of sp³-hybridized carbons (Fsp3) is 0.273. The first-order valence-electron chi connectivity index (χ1n) is 4.54. The Morgan fingerprint density at radius 3 is 2.79 bits per heavy atom. The highest BCUT2D eigenvalue weighted by Gasteiger charge is 2.18. The monoisotopic (exact) mass is 188 g/mol. The van der Waals surface area contributed by atoms with Gasteiger partial charge in [-0.05, 0) is 37.1 Å². The zero-order valence-corrected chi connectivity index (χ0v) is 8.29. The van der Waals surface area contributed by atoms with Crippen molar-refractivity contribution in [3.8, 4) is 0 Å². The van der Waals surface area contributed by atoms with Crippen LogP contribution in [-0.2, 0) is 6.54 Å². The maximum Gasteiger partial charge on any atom is 0.249 e. The molecule has 3 heteroatoms. The molecule has 0 aliphatic carbocycles. The largest absolute Gasteiger partial charge is 0.366 e. The molecule has 0 radical (unpaired) electrons. The Morgan fingerprint density at radius 2 is 2.14 bits per heavy atom. The van der Waals surface area contributed by atoms with Crippen LogP contribution in [0.15, 0.2) is 17.1 Å². The van der Waals surface area contributed by atoms with Gasteiger partial charge in [-0.3, -0.25) is 9.79 Å². The van der Waals surface area contributed by atoms with E-state index in [9.17, 15) is 4.79 Å². The van der Waals surface area contributed by atoms with Crippen LogP contribution >= 0.6 is 0 Å². The van der Waals surface area contributed by atoms with Gasteiger partial charge in [-0.15, -0.1) is 0 Å². The summed E-state index contributed by atoms with van der Waals surface area (Å²) in [5.74, 6) is -0.366. The highest BCUT2D eigenvalue weighted by Crippen LogP contribution is 2.24. The van der Waals surface area contributed by atoms with Crippen LogP contribution in [0.5, 0.6) is 0 Å². The summed E-state index contributed by atoms with van der Waals surface area (Å²) in [6, 6.07) is 3.88. The van der Waals surface area contributed by atoms with Gasteiger partial charge < -0.3 is 5.73 Å². The van der Waals surface area contributed by atoms with E-state index < -0.39 is 0 Å². The molecule has 0 saturated heterocycles. The number of carbonyl (C=O) groups excluding carboxylic acids is 1. The summed E-state index contributed by atoms with van der Waals surface area (Å²) in [6.45, 7) is 4.49. The molecule has 3 nitrogen and oxygen atoms in total. The third-order valence-corrected chi connectivity index (χ3v) is 2.52. The number of amides is 1. The van der Waals surface area contributed by atoms with E-state index in [4.69, 9.17) is 5.73 Å². The topological polar surface area (TPSA) is 55.4 Å². The number of rotatable bonds is 1. The van der Waals surface area contributed by atoms with E-state index in [2.05, 4.69) is 4.99 Å². The first-order chi connectivity index (χ1) is 6.59. The molecule has 1 aliphatic rings. The molecule has 14 heavy (non-hydrogen) atoms. The second-order valence-corrected chi connectivity index (χ2v) is 3.60. The molecule has 0 atom stereocenters. The van der Waals surface area contributed by atoms with Crippen LogP contribution in [0.25, 0.3) is 0 Å². The lowest BCUT2D eigenvalue weighted by atomic mass is 9.97. The van der Waals surface area contributed by atoms with Gasteiger partial charge in [-0.25, -0.2) is 0 Å². The van der Waals surface area contributed by atoms with Crippen LogP contribution in [0, 0.1) is 6.92 Å². The number of benzene rings is 1. The van der Waals surface area contributed by atoms with Crippen molar-refractivity contribution in [2.24, 2.45) is 10.7 Å². The van der Waals surface area contributed by atoms with E-state index in [1.165, 1.54) is 0 Å². The van der Waals surface area contributed by atoms with Crippen molar-refractivity contribution in [2.75, 3.05) is 0 Å². The first kappa shape index (κ1) is 8.94. The van der Waals surface area contributed by atoms with Crippen molar-refractivity contribution >= 4 is 11.6 Å². The molecule has 1 amide bonds. The molecule has 0 saturated carbocycles. The highest BCUT2D eigenvalue weighted by atomic mass is 16.1. The van der Waals surface area contributed by atoms with Gasteiger partial charge >= 0.3 is 0 Å². The number of primary amides is 1. The van der Waals surface area contributed by atoms with Crippen molar-refractivity contribution < 1.29 is 4.79 Å². The predicted octanol–water partition coefficient (Wildman–Crippen LogP) is 1.42. The van der Waals surface area contributed by atoms with Gasteiger partial charge in [0.05, 0.1) is 6.54 Å². The van der Waals surface area contributed by atoms with Crippen molar-refractivity contribution in [3.05, 3.63) is 34.4 Å². The van der Waals surface area contributed by atoms with Crippen molar-refractivity contribution in [1.29, 1.82) is 0 Å². The molecule has 0 aromatic heterocycles. The molecule has 1 aromatic carbocycles. The zero-order valence-electron chi connectivity index (χ0n) is 8.29. The molecule has 2 N–H and O–H groups in total. The lowest BCUT2D eigenvalue weighted by Crippen LogP contribution is -2.14. The van der Waals surface area contributed by atoms with E-state index in [-0.39, 0.29) is 5.91 Å². The summed E-state index contributed by atoms with van der Waals surface area (Å²) in [5, 5.41) is 0. The summed E-state index contributed by atoms with van der Waals surface area (Å²) in [6.07, 6.45) is 0. The number of nitrogens with zero attached hydrogens (tertiary/aromatic N) is 1. The van der Waals surface area contributed by atoms with Gasteiger partial charge in [0.2, 0.25) is 5.91 Å². The first-order valence-corrected chi connectivity index (χ1v) is 4.54. The maximum atomic E-state index is 11.2. The molecule has 1 heterocycles. The molecule has 0 bridgehead atoms. The van der Waals surface area contributed by atoms with E-state index >= 15 is 0 Å². The maximum absolute atomic E-state index is 11.2. The normalized spacial score (nSPS) is 13.7. The van der Waals surface area contributed by atoms with Crippen LogP contribution in [0.1, 0.15) is 34.0 Å². The van der Waals surface area contributed by atoms with E-state index in [1.54, 1.807) is 0 Å². The molecule has 0 unspecified atom stereocenters. The van der Waals surface area contributed by atoms with Crippen LogP contribution in [0.2, 0.25) is 0 Å². The number of aliphatic imine (C=N–C) groups is 1. The van der Waals surface area contributed by atoms with Crippen LogP contribution in [-0.4, -0.2) is 11.6 Å². The van der Waals surface area contributed by atoms with Gasteiger partial charge in [-0.1, -0.05) is 0 Å². The number of carbonyl (C=O) groups is 1. The Balaban J connectivity index is 2.67. The van der Waals surface area contributed by atoms with Gasteiger partial charge in [-0.2, -0.15) is 0 Å². The molecule has 0 spiro atoms. The smallest absolute Gasteiger partial charge is 0.249 e. The Bertz CT molecular complexity index is 447. The van der Waals surface area contributed by atoms with Gasteiger partial charge in [0.15, 0.2) is 0 Å². The SMILES string of the molecule is CC1=NCc2c(C(N)=O)cc(C)cc21. The van der Waals surface area contributed by atoms with Crippen LogP contribution < -0.4 is 5.73 Å². The number of fused-ring (bicyclic) bond motifs is 1. The standard InChI is InChI=1S/C11H12N2O/c1-6-3-8-7(2)13-5-10(8)9(4-6)11(12)14/h3-4H,5H2,1-2H3,(H2,12,14). The van der Waals surface area contributed by atoms with Gasteiger partial charge in [0, 0.05) is 16.8 Å². The quantitative estimate of drug-likeness (QED) is 0.711. The summed E-state index contributed by atoms with van der Waals surface area (Å²) in [7, 11) is 0. The highest BCUT2D eigenvalue weighted by molar-refractivity contribution is 6.06. The molecule has 0 fully saturated rings. The summed E-state index contributed by atoms with van der Waals surface area (Å²) >= 11 is 0. The number of hydrogen-bond acceptors (Lipinski definition) is 2. The number of hydrogen-bond donors (Lipinski definition) is 1. The van der Waals surface area contributed by atoms with E-state index in [1.807, 2.05) is 26.0 Å². The van der Waals surface area contributed by atoms with Gasteiger partial charge in [0.1, 0.15) is 0 Å². The van der Waals surface area contributed by atoms with E-state index in [0.29, 0.717) is 12.1 Å². The molecule has 1 aromatic rings.